The minimum absolute atomic E-state index is 0.294. The number of benzene rings is 1. The summed E-state index contributed by atoms with van der Waals surface area (Å²) in [6, 6.07) is 8.42. The second-order valence-electron chi connectivity index (χ2n) is 4.89. The molecule has 1 aromatic carbocycles. The molecule has 0 amide bonds. The van der Waals surface area contributed by atoms with Crippen LogP contribution in [0.5, 0.6) is 0 Å². The quantitative estimate of drug-likeness (QED) is 0.872. The Kier molecular flexibility index (Phi) is 5.48. The molecule has 0 saturated carbocycles. The third-order valence-corrected chi connectivity index (χ3v) is 3.68. The third kappa shape index (κ3) is 3.71. The highest BCUT2D eigenvalue weighted by Gasteiger charge is 2.25. The molecular weight excluding hydrogens is 246 g/mol. The maximum absolute atomic E-state index is 5.95. The standard InChI is InChI=1S/C15H22ClNO/c1-2-10-17-15(14-5-3-4-11-18-14)12-6-8-13(16)9-7-12/h6-9,14-15,17H,2-5,10-11H2,1H3. The van der Waals surface area contributed by atoms with Crippen LogP contribution in [0.25, 0.3) is 0 Å². The Morgan fingerprint density at radius 3 is 2.72 bits per heavy atom. The van der Waals surface area contributed by atoms with Crippen molar-refractivity contribution in [3.05, 3.63) is 34.9 Å². The van der Waals surface area contributed by atoms with Gasteiger partial charge in [0.1, 0.15) is 0 Å². The largest absolute Gasteiger partial charge is 0.376 e. The first kappa shape index (κ1) is 13.9. The van der Waals surface area contributed by atoms with Crippen LogP contribution in [-0.2, 0) is 4.74 Å². The second kappa shape index (κ2) is 7.13. The van der Waals surface area contributed by atoms with Crippen molar-refractivity contribution in [2.45, 2.75) is 44.8 Å². The lowest BCUT2D eigenvalue weighted by Crippen LogP contribution is -2.36. The number of halogens is 1. The maximum atomic E-state index is 5.95. The monoisotopic (exact) mass is 267 g/mol. The van der Waals surface area contributed by atoms with Crippen molar-refractivity contribution < 1.29 is 4.74 Å². The molecular formula is C15H22ClNO. The van der Waals surface area contributed by atoms with Crippen molar-refractivity contribution >= 4 is 11.6 Å². The smallest absolute Gasteiger partial charge is 0.0769 e. The molecule has 2 unspecified atom stereocenters. The fraction of sp³-hybridized carbons (Fsp3) is 0.600. The number of rotatable bonds is 5. The molecule has 0 spiro atoms. The van der Waals surface area contributed by atoms with E-state index >= 15 is 0 Å². The molecule has 1 aliphatic rings. The van der Waals surface area contributed by atoms with Crippen molar-refractivity contribution in [2.75, 3.05) is 13.2 Å². The van der Waals surface area contributed by atoms with Crippen molar-refractivity contribution in [3.8, 4) is 0 Å². The second-order valence-corrected chi connectivity index (χ2v) is 5.32. The van der Waals surface area contributed by atoms with E-state index in [0.29, 0.717) is 12.1 Å². The van der Waals surface area contributed by atoms with Gasteiger partial charge in [0.15, 0.2) is 0 Å². The van der Waals surface area contributed by atoms with Gasteiger partial charge in [0.05, 0.1) is 12.1 Å². The van der Waals surface area contributed by atoms with E-state index in [9.17, 15) is 0 Å². The van der Waals surface area contributed by atoms with Crippen LogP contribution >= 0.6 is 11.6 Å². The van der Waals surface area contributed by atoms with Gasteiger partial charge in [-0.3, -0.25) is 0 Å². The molecule has 1 fully saturated rings. The Bertz CT molecular complexity index is 346. The molecule has 3 heteroatoms. The molecule has 0 aromatic heterocycles. The first-order chi connectivity index (χ1) is 8.81. The summed E-state index contributed by atoms with van der Waals surface area (Å²) in [6.45, 7) is 4.10. The van der Waals surface area contributed by atoms with Crippen LogP contribution in [0.4, 0.5) is 0 Å². The van der Waals surface area contributed by atoms with Crippen LogP contribution in [-0.4, -0.2) is 19.3 Å². The summed E-state index contributed by atoms with van der Waals surface area (Å²) < 4.78 is 5.93. The Hall–Kier alpha value is -0.570. The van der Waals surface area contributed by atoms with Gasteiger partial charge in [-0.2, -0.15) is 0 Å². The molecule has 2 nitrogen and oxygen atoms in total. The Morgan fingerprint density at radius 1 is 1.33 bits per heavy atom. The number of hydrogen-bond donors (Lipinski definition) is 1. The van der Waals surface area contributed by atoms with Crippen molar-refractivity contribution in [1.29, 1.82) is 0 Å². The van der Waals surface area contributed by atoms with Gasteiger partial charge >= 0.3 is 0 Å². The summed E-state index contributed by atoms with van der Waals surface area (Å²) in [5.41, 5.74) is 1.28. The Balaban J connectivity index is 2.10. The van der Waals surface area contributed by atoms with E-state index in [1.54, 1.807) is 0 Å². The van der Waals surface area contributed by atoms with Crippen LogP contribution in [0.15, 0.2) is 24.3 Å². The minimum atomic E-state index is 0.294. The predicted molar refractivity (Wildman–Crippen MR) is 76.1 cm³/mol. The summed E-state index contributed by atoms with van der Waals surface area (Å²) in [4.78, 5) is 0. The van der Waals surface area contributed by atoms with Crippen molar-refractivity contribution in [2.24, 2.45) is 0 Å². The Labute approximate surface area is 115 Å². The van der Waals surface area contributed by atoms with Crippen LogP contribution in [0.3, 0.4) is 0 Å². The first-order valence-corrected chi connectivity index (χ1v) is 7.29. The Morgan fingerprint density at radius 2 is 2.11 bits per heavy atom. The minimum Gasteiger partial charge on any atom is -0.376 e. The van der Waals surface area contributed by atoms with E-state index in [-0.39, 0.29) is 0 Å². The van der Waals surface area contributed by atoms with Crippen LogP contribution in [0.2, 0.25) is 5.02 Å². The molecule has 18 heavy (non-hydrogen) atoms. The molecule has 2 rings (SSSR count). The van der Waals surface area contributed by atoms with Gasteiger partial charge in [-0.25, -0.2) is 0 Å². The normalized spacial score (nSPS) is 21.8. The third-order valence-electron chi connectivity index (χ3n) is 3.43. The van der Waals surface area contributed by atoms with Gasteiger partial charge in [-0.05, 0) is 49.9 Å². The molecule has 0 aliphatic carbocycles. The molecule has 1 aliphatic heterocycles. The SMILES string of the molecule is CCCNC(c1ccc(Cl)cc1)C1CCCCO1. The zero-order valence-corrected chi connectivity index (χ0v) is 11.7. The van der Waals surface area contributed by atoms with Crippen molar-refractivity contribution in [1.82, 2.24) is 5.32 Å². The van der Waals surface area contributed by atoms with E-state index in [1.165, 1.54) is 18.4 Å². The summed E-state index contributed by atoms with van der Waals surface area (Å²) in [5.74, 6) is 0. The van der Waals surface area contributed by atoms with Crippen LogP contribution in [0, 0.1) is 0 Å². The molecule has 1 N–H and O–H groups in total. The van der Waals surface area contributed by atoms with Crippen LogP contribution in [0.1, 0.15) is 44.2 Å². The molecule has 1 heterocycles. The summed E-state index contributed by atoms with van der Waals surface area (Å²) in [7, 11) is 0. The van der Waals surface area contributed by atoms with Gasteiger partial charge in [0.2, 0.25) is 0 Å². The first-order valence-electron chi connectivity index (χ1n) is 6.91. The lowest BCUT2D eigenvalue weighted by Gasteiger charge is -2.31. The number of hydrogen-bond acceptors (Lipinski definition) is 2. The van der Waals surface area contributed by atoms with Gasteiger partial charge in [0, 0.05) is 11.6 Å². The lowest BCUT2D eigenvalue weighted by atomic mass is 9.95. The number of nitrogens with one attached hydrogen (secondary N) is 1. The molecule has 0 radical (unpaired) electrons. The van der Waals surface area contributed by atoms with Crippen molar-refractivity contribution in [3.63, 3.8) is 0 Å². The highest BCUT2D eigenvalue weighted by molar-refractivity contribution is 6.30. The summed E-state index contributed by atoms with van der Waals surface area (Å²) in [5, 5.41) is 4.40. The molecule has 0 bridgehead atoms. The van der Waals surface area contributed by atoms with Gasteiger partial charge in [0.25, 0.3) is 0 Å². The van der Waals surface area contributed by atoms with Gasteiger partial charge in [-0.15, -0.1) is 0 Å². The predicted octanol–water partition coefficient (Wildman–Crippen LogP) is 3.95. The zero-order valence-electron chi connectivity index (χ0n) is 11.0. The average Bonchev–Trinajstić information content (AvgIpc) is 2.42. The van der Waals surface area contributed by atoms with Crippen LogP contribution < -0.4 is 5.32 Å². The topological polar surface area (TPSA) is 21.3 Å². The number of ether oxygens (including phenoxy) is 1. The van der Waals surface area contributed by atoms with E-state index in [4.69, 9.17) is 16.3 Å². The van der Waals surface area contributed by atoms with E-state index in [0.717, 1.165) is 31.0 Å². The summed E-state index contributed by atoms with van der Waals surface area (Å²) in [6.07, 6.45) is 5.03. The average molecular weight is 268 g/mol. The van der Waals surface area contributed by atoms with E-state index < -0.39 is 0 Å². The molecule has 100 valence electrons. The highest BCUT2D eigenvalue weighted by Crippen LogP contribution is 2.27. The van der Waals surface area contributed by atoms with Gasteiger partial charge in [-0.1, -0.05) is 30.7 Å². The van der Waals surface area contributed by atoms with Gasteiger partial charge < -0.3 is 10.1 Å². The zero-order chi connectivity index (χ0) is 12.8. The summed E-state index contributed by atoms with van der Waals surface area (Å²) >= 11 is 5.95. The molecule has 1 aromatic rings. The molecule has 2 atom stereocenters. The maximum Gasteiger partial charge on any atom is 0.0769 e. The van der Waals surface area contributed by atoms with E-state index in [2.05, 4.69) is 24.4 Å². The fourth-order valence-electron chi connectivity index (χ4n) is 2.46. The van der Waals surface area contributed by atoms with E-state index in [1.807, 2.05) is 12.1 Å². The lowest BCUT2D eigenvalue weighted by molar-refractivity contribution is -0.00815. The highest BCUT2D eigenvalue weighted by atomic mass is 35.5. The fourth-order valence-corrected chi connectivity index (χ4v) is 2.59. The molecule has 1 saturated heterocycles.